The predicted molar refractivity (Wildman–Crippen MR) is 66.1 cm³/mol. The Morgan fingerprint density at radius 3 is 2.82 bits per heavy atom. The topological polar surface area (TPSA) is 94.0 Å². The fourth-order valence-corrected chi connectivity index (χ4v) is 1.85. The van der Waals surface area contributed by atoms with Crippen LogP contribution in [0.3, 0.4) is 0 Å². The fraction of sp³-hybridized carbons (Fsp3) is 0.600. The minimum Gasteiger partial charge on any atom is -0.393 e. The van der Waals surface area contributed by atoms with Crippen LogP contribution in [0.15, 0.2) is 10.9 Å². The van der Waals surface area contributed by atoms with Gasteiger partial charge in [0.25, 0.3) is 0 Å². The van der Waals surface area contributed by atoms with Crippen LogP contribution in [0, 0.1) is 11.8 Å². The number of carbonyl (C=O) groups excluding carboxylic acids is 1. The number of rotatable bonds is 6. The van der Waals surface area contributed by atoms with Gasteiger partial charge in [-0.3, -0.25) is 4.79 Å². The van der Waals surface area contributed by atoms with E-state index in [-0.39, 0.29) is 16.8 Å². The average Bonchev–Trinajstić information content (AvgIpc) is 2.69. The number of carbonyl (C=O) groups is 1. The normalized spacial score (nSPS) is 12.4. The zero-order chi connectivity index (χ0) is 12.8. The molecule has 0 saturated carbocycles. The molecule has 6 nitrogen and oxygen atoms in total. The highest BCUT2D eigenvalue weighted by Crippen LogP contribution is 2.11. The van der Waals surface area contributed by atoms with Gasteiger partial charge >= 0.3 is 0 Å². The van der Waals surface area contributed by atoms with Crippen LogP contribution in [0.1, 0.15) is 19.7 Å². The Labute approximate surface area is 105 Å². The fourth-order valence-electron chi connectivity index (χ4n) is 1.47. The van der Waals surface area contributed by atoms with E-state index in [2.05, 4.69) is 20.0 Å². The van der Waals surface area contributed by atoms with Crippen molar-refractivity contribution in [3.05, 3.63) is 12.2 Å². The van der Waals surface area contributed by atoms with E-state index in [1.807, 2.05) is 13.8 Å². The molecule has 0 spiro atoms. The molecular weight excluding hydrogens is 240 g/mol. The molecule has 1 unspecified atom stereocenters. The molecule has 0 aliphatic heterocycles. The third-order valence-corrected chi connectivity index (χ3v) is 2.56. The first kappa shape index (κ1) is 13.6. The third kappa shape index (κ3) is 4.10. The summed E-state index contributed by atoms with van der Waals surface area (Å²) in [6.07, 6.45) is 1.77. The maximum absolute atomic E-state index is 11.8. The zero-order valence-electron chi connectivity index (χ0n) is 9.84. The lowest BCUT2D eigenvalue weighted by Gasteiger charge is -2.18. The van der Waals surface area contributed by atoms with Crippen LogP contribution in [0.5, 0.6) is 0 Å². The minimum atomic E-state index is -0.435. The second-order valence-electron chi connectivity index (χ2n) is 4.01. The first-order chi connectivity index (χ1) is 8.02. The summed E-state index contributed by atoms with van der Waals surface area (Å²) in [6.45, 7) is 4.25. The number of nitrogens with one attached hydrogen (secondary N) is 1. The van der Waals surface area contributed by atoms with Gasteiger partial charge in [-0.25, -0.2) is 0 Å². The van der Waals surface area contributed by atoms with E-state index >= 15 is 0 Å². The van der Waals surface area contributed by atoms with E-state index < -0.39 is 5.92 Å². The Kier molecular flexibility index (Phi) is 5.02. The van der Waals surface area contributed by atoms with Gasteiger partial charge in [0, 0.05) is 13.0 Å². The molecule has 3 N–H and O–H groups in total. The van der Waals surface area contributed by atoms with Crippen LogP contribution in [0.2, 0.25) is 0 Å². The van der Waals surface area contributed by atoms with Crippen molar-refractivity contribution >= 4 is 23.1 Å². The summed E-state index contributed by atoms with van der Waals surface area (Å²) < 4.78 is 4.58. The summed E-state index contributed by atoms with van der Waals surface area (Å²) in [7, 11) is 0. The SMILES string of the molecule is CC(C)C(C(=O)NCCc1ncon1)C(N)=S. The monoisotopic (exact) mass is 256 g/mol. The van der Waals surface area contributed by atoms with Gasteiger partial charge in [0.1, 0.15) is 0 Å². The minimum absolute atomic E-state index is 0.0812. The number of aromatic nitrogens is 2. The zero-order valence-corrected chi connectivity index (χ0v) is 10.7. The Morgan fingerprint density at radius 2 is 2.35 bits per heavy atom. The van der Waals surface area contributed by atoms with E-state index in [0.717, 1.165) is 0 Å². The molecule has 1 atom stereocenters. The first-order valence-electron chi connectivity index (χ1n) is 5.34. The number of nitrogens with two attached hydrogens (primary N) is 1. The highest BCUT2D eigenvalue weighted by molar-refractivity contribution is 7.80. The molecule has 0 radical (unpaired) electrons. The van der Waals surface area contributed by atoms with Crippen LogP contribution in [0.25, 0.3) is 0 Å². The Balaban J connectivity index is 2.40. The van der Waals surface area contributed by atoms with Gasteiger partial charge in [0.05, 0.1) is 10.9 Å². The Morgan fingerprint density at radius 1 is 1.65 bits per heavy atom. The number of amides is 1. The second kappa shape index (κ2) is 6.29. The summed E-state index contributed by atoms with van der Waals surface area (Å²) in [5.41, 5.74) is 5.54. The largest absolute Gasteiger partial charge is 0.393 e. The predicted octanol–water partition coefficient (Wildman–Crippen LogP) is 0.287. The van der Waals surface area contributed by atoms with Crippen LogP contribution in [-0.4, -0.2) is 27.6 Å². The van der Waals surface area contributed by atoms with Gasteiger partial charge in [-0.05, 0) is 5.92 Å². The maximum atomic E-state index is 11.8. The molecule has 1 rings (SSSR count). The third-order valence-electron chi connectivity index (χ3n) is 2.31. The number of thiocarbonyl (C=S) groups is 1. The first-order valence-corrected chi connectivity index (χ1v) is 5.75. The molecule has 17 heavy (non-hydrogen) atoms. The Bertz CT molecular complexity index is 378. The van der Waals surface area contributed by atoms with E-state index in [1.165, 1.54) is 6.39 Å². The molecule has 0 aliphatic carbocycles. The van der Waals surface area contributed by atoms with Gasteiger partial charge in [0.15, 0.2) is 5.82 Å². The van der Waals surface area contributed by atoms with Crippen molar-refractivity contribution in [2.45, 2.75) is 20.3 Å². The summed E-state index contributed by atoms with van der Waals surface area (Å²) in [6, 6.07) is 0. The van der Waals surface area contributed by atoms with Crippen molar-refractivity contribution < 1.29 is 9.32 Å². The molecule has 0 bridgehead atoms. The molecule has 0 aliphatic rings. The molecule has 94 valence electrons. The average molecular weight is 256 g/mol. The second-order valence-corrected chi connectivity index (χ2v) is 4.48. The van der Waals surface area contributed by atoms with Crippen LogP contribution in [0.4, 0.5) is 0 Å². The van der Waals surface area contributed by atoms with Gasteiger partial charge in [-0.15, -0.1) is 0 Å². The van der Waals surface area contributed by atoms with Gasteiger partial charge in [-0.1, -0.05) is 31.2 Å². The van der Waals surface area contributed by atoms with Crippen molar-refractivity contribution in [2.24, 2.45) is 17.6 Å². The quantitative estimate of drug-likeness (QED) is 0.710. The van der Waals surface area contributed by atoms with Crippen LogP contribution >= 0.6 is 12.2 Å². The van der Waals surface area contributed by atoms with Gasteiger partial charge in [-0.2, -0.15) is 4.98 Å². The van der Waals surface area contributed by atoms with Crippen molar-refractivity contribution in [1.82, 2.24) is 15.5 Å². The Hall–Kier alpha value is -1.50. The van der Waals surface area contributed by atoms with Crippen molar-refractivity contribution in [3.8, 4) is 0 Å². The standard InChI is InChI=1S/C10H16N4O2S/c1-6(2)8(9(11)17)10(15)12-4-3-7-13-5-16-14-7/h5-6,8H,3-4H2,1-2H3,(H2,11,17)(H,12,15). The molecule has 0 fully saturated rings. The van der Waals surface area contributed by atoms with Crippen molar-refractivity contribution in [2.75, 3.05) is 6.54 Å². The van der Waals surface area contributed by atoms with Gasteiger partial charge < -0.3 is 15.6 Å². The van der Waals surface area contributed by atoms with Crippen LogP contribution < -0.4 is 11.1 Å². The van der Waals surface area contributed by atoms with Crippen molar-refractivity contribution in [3.63, 3.8) is 0 Å². The molecule has 1 amide bonds. The molecule has 7 heteroatoms. The van der Waals surface area contributed by atoms with E-state index in [9.17, 15) is 4.79 Å². The lowest BCUT2D eigenvalue weighted by Crippen LogP contribution is -2.41. The summed E-state index contributed by atoms with van der Waals surface area (Å²) in [5, 5.41) is 6.40. The highest BCUT2D eigenvalue weighted by Gasteiger charge is 2.24. The van der Waals surface area contributed by atoms with E-state index in [1.54, 1.807) is 0 Å². The molecular formula is C10H16N4O2S. The summed E-state index contributed by atoms with van der Waals surface area (Å²) in [5.74, 6) is 0.0469. The number of hydrogen-bond donors (Lipinski definition) is 2. The molecule has 0 saturated heterocycles. The molecule has 0 aromatic carbocycles. The molecule has 1 aromatic rings. The summed E-state index contributed by atoms with van der Waals surface area (Å²) in [4.78, 5) is 15.9. The number of hydrogen-bond acceptors (Lipinski definition) is 5. The summed E-state index contributed by atoms with van der Waals surface area (Å²) >= 11 is 4.88. The maximum Gasteiger partial charge on any atom is 0.230 e. The number of nitrogens with zero attached hydrogens (tertiary/aromatic N) is 2. The highest BCUT2D eigenvalue weighted by atomic mass is 32.1. The smallest absolute Gasteiger partial charge is 0.230 e. The molecule has 1 heterocycles. The van der Waals surface area contributed by atoms with Crippen molar-refractivity contribution in [1.29, 1.82) is 0 Å². The van der Waals surface area contributed by atoms with Crippen LogP contribution in [-0.2, 0) is 11.2 Å². The lowest BCUT2D eigenvalue weighted by atomic mass is 9.95. The van der Waals surface area contributed by atoms with Gasteiger partial charge in [0.2, 0.25) is 12.3 Å². The van der Waals surface area contributed by atoms with E-state index in [4.69, 9.17) is 18.0 Å². The van der Waals surface area contributed by atoms with E-state index in [0.29, 0.717) is 18.8 Å². The lowest BCUT2D eigenvalue weighted by molar-refractivity contribution is -0.123. The molecule has 1 aromatic heterocycles.